The third-order valence-electron chi connectivity index (χ3n) is 10.1. The minimum atomic E-state index is -1.48. The van der Waals surface area contributed by atoms with Gasteiger partial charge in [0, 0.05) is 41.7 Å². The number of benzene rings is 4. The second kappa shape index (κ2) is 19.2. The third-order valence-corrected chi connectivity index (χ3v) is 10.6. The predicted molar refractivity (Wildman–Crippen MR) is 222 cm³/mol. The molecule has 56 heavy (non-hydrogen) atoms. The highest BCUT2D eigenvalue weighted by Gasteiger charge is 2.24. The van der Waals surface area contributed by atoms with E-state index in [1.165, 1.54) is 33.4 Å². The lowest BCUT2D eigenvalue weighted by atomic mass is 9.79. The number of aromatic nitrogens is 2. The molecule has 0 radical (unpaired) electrons. The van der Waals surface area contributed by atoms with E-state index in [1.807, 2.05) is 26.0 Å². The van der Waals surface area contributed by atoms with Crippen LogP contribution in [0.15, 0.2) is 111 Å². The number of hydrogen-bond donors (Lipinski definition) is 2. The van der Waals surface area contributed by atoms with Crippen LogP contribution >= 0.6 is 15.9 Å². The molecule has 292 valence electrons. The summed E-state index contributed by atoms with van der Waals surface area (Å²) in [6.07, 6.45) is 0.00613. The molecule has 0 amide bonds. The fourth-order valence-electron chi connectivity index (χ4n) is 7.25. The summed E-state index contributed by atoms with van der Waals surface area (Å²) in [5.41, 5.74) is 11.6. The van der Waals surface area contributed by atoms with Gasteiger partial charge in [0.2, 0.25) is 0 Å². The van der Waals surface area contributed by atoms with Crippen LogP contribution in [0, 0.1) is 27.7 Å². The molecular formula is C44H50BBrN4O6. The van der Waals surface area contributed by atoms with Gasteiger partial charge >= 0.3 is 7.12 Å². The van der Waals surface area contributed by atoms with Gasteiger partial charge in [0.05, 0.1) is 24.6 Å². The molecule has 2 aromatic heterocycles. The van der Waals surface area contributed by atoms with Crippen LogP contribution in [0.2, 0.25) is 0 Å². The summed E-state index contributed by atoms with van der Waals surface area (Å²) < 4.78 is 23.6. The largest absolute Gasteiger partial charge is 0.494 e. The van der Waals surface area contributed by atoms with E-state index >= 15 is 0 Å². The number of halogens is 1. The highest BCUT2D eigenvalue weighted by molar-refractivity contribution is 9.10. The molecule has 0 spiro atoms. The Balaban J connectivity index is 0.000000156. The zero-order valence-electron chi connectivity index (χ0n) is 32.9. The first-order valence-corrected chi connectivity index (χ1v) is 19.6. The molecule has 0 saturated carbocycles. The Hall–Kier alpha value is -4.40. The number of ether oxygens (including phenoxy) is 2. The molecule has 2 atom stereocenters. The molecule has 2 aliphatic rings. The monoisotopic (exact) mass is 820 g/mol. The second-order valence-corrected chi connectivity index (χ2v) is 15.3. The minimum Gasteiger partial charge on any atom is -0.423 e. The smallest absolute Gasteiger partial charge is 0.423 e. The summed E-state index contributed by atoms with van der Waals surface area (Å²) in [6, 6.07) is 34.0. The number of hydrogen-bond acceptors (Lipinski definition) is 10. The van der Waals surface area contributed by atoms with E-state index in [9.17, 15) is 0 Å². The number of nitrogens with zero attached hydrogens (tertiary/aromatic N) is 4. The van der Waals surface area contributed by atoms with Crippen molar-refractivity contribution in [1.82, 2.24) is 20.1 Å². The summed E-state index contributed by atoms with van der Waals surface area (Å²) in [5.74, 6) is 1.31. The lowest BCUT2D eigenvalue weighted by Gasteiger charge is -2.29. The molecule has 4 aromatic carbocycles. The van der Waals surface area contributed by atoms with E-state index in [-0.39, 0.29) is 12.2 Å². The Morgan fingerprint density at radius 2 is 1.14 bits per heavy atom. The maximum Gasteiger partial charge on any atom is 0.494 e. The Labute approximate surface area is 338 Å². The maximum atomic E-state index is 8.73. The average molecular weight is 822 g/mol. The summed E-state index contributed by atoms with van der Waals surface area (Å²) >= 11 is 3.57. The highest BCUT2D eigenvalue weighted by atomic mass is 79.9. The van der Waals surface area contributed by atoms with Crippen LogP contribution in [0.4, 0.5) is 0 Å². The molecule has 0 bridgehead atoms. The molecular weight excluding hydrogens is 771 g/mol. The first-order chi connectivity index (χ1) is 27.0. The number of likely N-dealkylation sites (N-methyl/N-ethyl adjacent to an activating group) is 2. The first-order valence-electron chi connectivity index (χ1n) is 18.8. The highest BCUT2D eigenvalue weighted by Crippen LogP contribution is 2.36. The molecule has 2 unspecified atom stereocenters. The van der Waals surface area contributed by atoms with Gasteiger partial charge in [-0.2, -0.15) is 0 Å². The molecule has 6 aromatic rings. The average Bonchev–Trinajstić information content (AvgIpc) is 3.70. The molecule has 8 rings (SSSR count). The van der Waals surface area contributed by atoms with Crippen molar-refractivity contribution in [2.75, 3.05) is 40.4 Å². The van der Waals surface area contributed by atoms with Crippen molar-refractivity contribution in [3.8, 4) is 11.1 Å². The fraction of sp³-hybridized carbons (Fsp3) is 0.318. The summed E-state index contributed by atoms with van der Waals surface area (Å²) in [4.78, 5) is 4.60. The van der Waals surface area contributed by atoms with Crippen molar-refractivity contribution in [1.29, 1.82) is 0 Å². The maximum absolute atomic E-state index is 8.73. The molecule has 10 nitrogen and oxygen atoms in total. The molecule has 0 fully saturated rings. The molecule has 12 heteroatoms. The van der Waals surface area contributed by atoms with E-state index in [2.05, 4.69) is 140 Å². The van der Waals surface area contributed by atoms with Crippen LogP contribution in [0.25, 0.3) is 11.1 Å². The number of rotatable bonds is 4. The number of aryl methyl sites for hydroxylation is 4. The van der Waals surface area contributed by atoms with Gasteiger partial charge in [0.25, 0.3) is 0 Å². The van der Waals surface area contributed by atoms with E-state index in [1.54, 1.807) is 13.8 Å². The van der Waals surface area contributed by atoms with Gasteiger partial charge in [-0.15, -0.1) is 0 Å². The van der Waals surface area contributed by atoms with Gasteiger partial charge in [-0.05, 0) is 98.9 Å². The van der Waals surface area contributed by atoms with Crippen molar-refractivity contribution >= 4 is 28.5 Å². The molecule has 2 aliphatic heterocycles. The zero-order valence-corrected chi connectivity index (χ0v) is 34.5. The Morgan fingerprint density at radius 3 is 1.61 bits per heavy atom. The lowest BCUT2D eigenvalue weighted by Crippen LogP contribution is -2.32. The van der Waals surface area contributed by atoms with Crippen LogP contribution in [-0.2, 0) is 22.6 Å². The molecule has 2 N–H and O–H groups in total. The van der Waals surface area contributed by atoms with Gasteiger partial charge in [-0.3, -0.25) is 9.80 Å². The normalized spacial score (nSPS) is 17.4. The summed E-state index contributed by atoms with van der Waals surface area (Å²) in [5, 5.41) is 25.1. The van der Waals surface area contributed by atoms with Crippen LogP contribution in [0.5, 0.6) is 0 Å². The quantitative estimate of drug-likeness (QED) is 0.174. The van der Waals surface area contributed by atoms with Crippen molar-refractivity contribution < 1.29 is 28.6 Å². The Kier molecular flexibility index (Phi) is 14.1. The van der Waals surface area contributed by atoms with Crippen LogP contribution in [0.3, 0.4) is 0 Å². The van der Waals surface area contributed by atoms with Crippen molar-refractivity contribution in [2.45, 2.75) is 53.0 Å². The standard InChI is InChI=1S/C22H24N2O2.C17H18BrNO.C5H8BNO3/c1-15-21(16(2)26-23-15)18-9-10-20-19(13-18)14-24(3)11-12-25-22(20)17-7-5-4-6-8-17;1-19-9-10-20-17(13-5-3-2-4-6-13)16-8-7-15(18)11-14(16)12-19;1-3-5(6(8)9)4(2)10-7-3/h4-10,13,22H,11-12,14H2,1-3H3;2-8,11,17H,9-10,12H2,1H3;8-9H,1-2H3. The van der Waals surface area contributed by atoms with Gasteiger partial charge in [0.15, 0.2) is 0 Å². The van der Waals surface area contributed by atoms with Crippen LogP contribution in [0.1, 0.15) is 68.5 Å². The number of fused-ring (bicyclic) bond motifs is 2. The van der Waals surface area contributed by atoms with Gasteiger partial charge < -0.3 is 28.6 Å². The third kappa shape index (κ3) is 10.1. The lowest BCUT2D eigenvalue weighted by molar-refractivity contribution is 0.0553. The van der Waals surface area contributed by atoms with E-state index in [4.69, 9.17) is 24.0 Å². The molecule has 0 saturated heterocycles. The topological polar surface area (TPSA) is 117 Å². The van der Waals surface area contributed by atoms with Gasteiger partial charge in [-0.1, -0.05) is 105 Å². The SMILES string of the molecule is CN1CCOC(c2ccccc2)c2ccc(Br)cc2C1.Cc1noc(C)c1-c1ccc2c(c1)CN(C)CCOC2c1ccccc1.Cc1noc(C)c1B(O)O. The predicted octanol–water partition coefficient (Wildman–Crippen LogP) is 7.48. The summed E-state index contributed by atoms with van der Waals surface area (Å²) in [6.45, 7) is 12.5. The van der Waals surface area contributed by atoms with E-state index in [0.717, 1.165) is 66.4 Å². The van der Waals surface area contributed by atoms with Crippen molar-refractivity contribution in [3.63, 3.8) is 0 Å². The Bertz CT molecular complexity index is 2140. The summed E-state index contributed by atoms with van der Waals surface area (Å²) in [7, 11) is 2.79. The zero-order chi connectivity index (χ0) is 39.8. The second-order valence-electron chi connectivity index (χ2n) is 14.4. The Morgan fingerprint density at radius 1 is 0.643 bits per heavy atom. The first kappa shape index (κ1) is 41.2. The molecule has 4 heterocycles. The minimum absolute atomic E-state index is 0.0291. The van der Waals surface area contributed by atoms with Gasteiger partial charge in [0.1, 0.15) is 23.7 Å². The van der Waals surface area contributed by atoms with Crippen molar-refractivity contribution in [2.24, 2.45) is 0 Å². The van der Waals surface area contributed by atoms with Crippen LogP contribution in [-0.4, -0.2) is 77.7 Å². The van der Waals surface area contributed by atoms with Crippen LogP contribution < -0.4 is 5.46 Å². The van der Waals surface area contributed by atoms with Crippen molar-refractivity contribution in [3.05, 3.63) is 158 Å². The fourth-order valence-corrected chi connectivity index (χ4v) is 7.66. The van der Waals surface area contributed by atoms with E-state index < -0.39 is 7.12 Å². The van der Waals surface area contributed by atoms with E-state index in [0.29, 0.717) is 16.9 Å². The molecule has 0 aliphatic carbocycles. The van der Waals surface area contributed by atoms with Gasteiger partial charge in [-0.25, -0.2) is 0 Å².